The van der Waals surface area contributed by atoms with Crippen molar-refractivity contribution in [1.29, 1.82) is 0 Å². The topological polar surface area (TPSA) is 98.3 Å². The van der Waals surface area contributed by atoms with Gasteiger partial charge in [0, 0.05) is 17.3 Å². The van der Waals surface area contributed by atoms with Gasteiger partial charge in [0.15, 0.2) is 0 Å². The monoisotopic (exact) mass is 215 g/mol. The molecule has 0 aliphatic carbocycles. The summed E-state index contributed by atoms with van der Waals surface area (Å²) in [5.74, 6) is 0.0947. The Kier molecular flexibility index (Phi) is 2.32. The normalized spacial score (nSPS) is 10.2. The second kappa shape index (κ2) is 3.66. The number of benzene rings is 2. The second-order valence-electron chi connectivity index (χ2n) is 3.62. The third kappa shape index (κ3) is 1.72. The fraction of sp³-hybridized carbons (Fsp3) is 0. The highest BCUT2D eigenvalue weighted by Gasteiger charge is 2.07. The molecule has 82 valence electrons. The van der Waals surface area contributed by atoms with Crippen LogP contribution in [0.25, 0.3) is 11.1 Å². The molecule has 16 heavy (non-hydrogen) atoms. The quantitative estimate of drug-likeness (QED) is 0.430. The van der Waals surface area contributed by atoms with E-state index in [-0.39, 0.29) is 5.75 Å². The van der Waals surface area contributed by atoms with Crippen LogP contribution in [-0.4, -0.2) is 5.11 Å². The van der Waals surface area contributed by atoms with Gasteiger partial charge in [0.1, 0.15) is 5.75 Å². The molecule has 4 nitrogen and oxygen atoms in total. The lowest BCUT2D eigenvalue weighted by atomic mass is 10.0. The summed E-state index contributed by atoms with van der Waals surface area (Å²) in [4.78, 5) is 0. The Balaban J connectivity index is 2.60. The highest BCUT2D eigenvalue weighted by molar-refractivity contribution is 5.80. The number of anilines is 3. The number of hydrogen-bond donors (Lipinski definition) is 4. The molecule has 0 fully saturated rings. The smallest absolute Gasteiger partial charge is 0.125 e. The van der Waals surface area contributed by atoms with Crippen LogP contribution in [0.2, 0.25) is 0 Å². The SMILES string of the molecule is Nc1cccc(-c2cc(N)c(N)cc2O)c1. The lowest BCUT2D eigenvalue weighted by Crippen LogP contribution is -1.95. The Labute approximate surface area is 93.3 Å². The van der Waals surface area contributed by atoms with Crippen LogP contribution in [-0.2, 0) is 0 Å². The van der Waals surface area contributed by atoms with E-state index in [1.807, 2.05) is 12.1 Å². The Bertz CT molecular complexity index is 538. The number of aromatic hydroxyl groups is 1. The van der Waals surface area contributed by atoms with Gasteiger partial charge in [-0.2, -0.15) is 0 Å². The van der Waals surface area contributed by atoms with Gasteiger partial charge in [0.25, 0.3) is 0 Å². The molecule has 0 amide bonds. The van der Waals surface area contributed by atoms with Crippen LogP contribution in [0.15, 0.2) is 36.4 Å². The van der Waals surface area contributed by atoms with E-state index < -0.39 is 0 Å². The highest BCUT2D eigenvalue weighted by atomic mass is 16.3. The van der Waals surface area contributed by atoms with Crippen LogP contribution in [0.3, 0.4) is 0 Å². The minimum absolute atomic E-state index is 0.0947. The summed E-state index contributed by atoms with van der Waals surface area (Å²) in [6.07, 6.45) is 0. The van der Waals surface area contributed by atoms with Crippen LogP contribution in [0.4, 0.5) is 17.1 Å². The van der Waals surface area contributed by atoms with Crippen molar-refractivity contribution in [2.45, 2.75) is 0 Å². The molecule has 0 saturated carbocycles. The fourth-order valence-corrected chi connectivity index (χ4v) is 1.56. The van der Waals surface area contributed by atoms with E-state index in [1.165, 1.54) is 6.07 Å². The Morgan fingerprint density at radius 1 is 0.875 bits per heavy atom. The van der Waals surface area contributed by atoms with Crippen molar-refractivity contribution in [3.8, 4) is 16.9 Å². The van der Waals surface area contributed by atoms with Crippen molar-refractivity contribution in [3.05, 3.63) is 36.4 Å². The lowest BCUT2D eigenvalue weighted by molar-refractivity contribution is 0.478. The third-order valence-corrected chi connectivity index (χ3v) is 2.40. The van der Waals surface area contributed by atoms with Gasteiger partial charge in [-0.05, 0) is 23.8 Å². The van der Waals surface area contributed by atoms with Crippen molar-refractivity contribution in [2.24, 2.45) is 0 Å². The van der Waals surface area contributed by atoms with Gasteiger partial charge in [-0.15, -0.1) is 0 Å². The van der Waals surface area contributed by atoms with E-state index >= 15 is 0 Å². The van der Waals surface area contributed by atoms with Gasteiger partial charge in [-0.25, -0.2) is 0 Å². The molecule has 0 spiro atoms. The molecule has 0 unspecified atom stereocenters. The number of nitrogens with two attached hydrogens (primary N) is 3. The summed E-state index contributed by atoms with van der Waals surface area (Å²) in [6.45, 7) is 0. The Morgan fingerprint density at radius 3 is 2.25 bits per heavy atom. The van der Waals surface area contributed by atoms with Crippen LogP contribution < -0.4 is 17.2 Å². The van der Waals surface area contributed by atoms with Gasteiger partial charge in [-0.3, -0.25) is 0 Å². The molecule has 0 atom stereocenters. The molecule has 0 bridgehead atoms. The summed E-state index contributed by atoms with van der Waals surface area (Å²) < 4.78 is 0. The van der Waals surface area contributed by atoms with Crippen molar-refractivity contribution >= 4 is 17.1 Å². The molecule has 0 saturated heterocycles. The largest absolute Gasteiger partial charge is 0.507 e. The second-order valence-corrected chi connectivity index (χ2v) is 3.62. The maximum atomic E-state index is 9.78. The fourth-order valence-electron chi connectivity index (χ4n) is 1.56. The van der Waals surface area contributed by atoms with Gasteiger partial charge < -0.3 is 22.3 Å². The first-order valence-electron chi connectivity index (χ1n) is 4.82. The van der Waals surface area contributed by atoms with E-state index in [9.17, 15) is 5.11 Å². The van der Waals surface area contributed by atoms with Gasteiger partial charge in [0.05, 0.1) is 11.4 Å². The van der Waals surface area contributed by atoms with Crippen LogP contribution in [0.5, 0.6) is 5.75 Å². The molecule has 0 radical (unpaired) electrons. The van der Waals surface area contributed by atoms with Gasteiger partial charge in [0.2, 0.25) is 0 Å². The summed E-state index contributed by atoms with van der Waals surface area (Å²) in [6, 6.07) is 10.3. The molecule has 4 heteroatoms. The number of phenolic OH excluding ortho intramolecular Hbond substituents is 1. The minimum atomic E-state index is 0.0947. The van der Waals surface area contributed by atoms with Crippen LogP contribution in [0, 0.1) is 0 Å². The summed E-state index contributed by atoms with van der Waals surface area (Å²) in [5.41, 5.74) is 19.8. The number of phenols is 1. The average molecular weight is 215 g/mol. The minimum Gasteiger partial charge on any atom is -0.507 e. The van der Waals surface area contributed by atoms with Crippen molar-refractivity contribution < 1.29 is 5.11 Å². The van der Waals surface area contributed by atoms with Crippen LogP contribution in [0.1, 0.15) is 0 Å². The zero-order chi connectivity index (χ0) is 11.7. The number of nitrogen functional groups attached to an aromatic ring is 3. The van der Waals surface area contributed by atoms with Crippen molar-refractivity contribution in [3.63, 3.8) is 0 Å². The van der Waals surface area contributed by atoms with E-state index in [2.05, 4.69) is 0 Å². The highest BCUT2D eigenvalue weighted by Crippen LogP contribution is 2.34. The molecule has 2 aromatic rings. The first-order valence-corrected chi connectivity index (χ1v) is 4.82. The lowest BCUT2D eigenvalue weighted by Gasteiger charge is -2.08. The molecule has 7 N–H and O–H groups in total. The predicted octanol–water partition coefficient (Wildman–Crippen LogP) is 1.81. The maximum Gasteiger partial charge on any atom is 0.125 e. The first kappa shape index (κ1) is 10.2. The van der Waals surface area contributed by atoms with E-state index in [4.69, 9.17) is 17.2 Å². The molecule has 0 aromatic heterocycles. The van der Waals surface area contributed by atoms with E-state index in [0.29, 0.717) is 22.6 Å². The molecule has 0 aliphatic heterocycles. The Morgan fingerprint density at radius 2 is 1.56 bits per heavy atom. The molecular weight excluding hydrogens is 202 g/mol. The summed E-state index contributed by atoms with van der Waals surface area (Å²) >= 11 is 0. The number of hydrogen-bond acceptors (Lipinski definition) is 4. The maximum absolute atomic E-state index is 9.78. The first-order chi connectivity index (χ1) is 7.58. The Hall–Kier alpha value is -2.36. The molecule has 0 aliphatic rings. The summed E-state index contributed by atoms with van der Waals surface area (Å²) in [7, 11) is 0. The molecule has 2 aromatic carbocycles. The zero-order valence-electron chi connectivity index (χ0n) is 8.64. The van der Waals surface area contributed by atoms with Gasteiger partial charge in [-0.1, -0.05) is 12.1 Å². The third-order valence-electron chi connectivity index (χ3n) is 2.40. The van der Waals surface area contributed by atoms with Gasteiger partial charge >= 0.3 is 0 Å². The van der Waals surface area contributed by atoms with Crippen molar-refractivity contribution in [1.82, 2.24) is 0 Å². The molecular formula is C12H13N3O. The van der Waals surface area contributed by atoms with Crippen LogP contribution >= 0.6 is 0 Å². The molecule has 0 heterocycles. The van der Waals surface area contributed by atoms with E-state index in [1.54, 1.807) is 18.2 Å². The standard InChI is InChI=1S/C12H13N3O/c13-8-3-1-2-7(4-8)9-5-10(14)11(15)6-12(9)16/h1-6,16H,13-15H2. The van der Waals surface area contributed by atoms with Crippen molar-refractivity contribution in [2.75, 3.05) is 17.2 Å². The van der Waals surface area contributed by atoms with E-state index in [0.717, 1.165) is 5.56 Å². The average Bonchev–Trinajstić information content (AvgIpc) is 2.23. The zero-order valence-corrected chi connectivity index (χ0v) is 8.64. The molecule has 2 rings (SSSR count). The number of rotatable bonds is 1. The summed E-state index contributed by atoms with van der Waals surface area (Å²) in [5, 5.41) is 9.78. The predicted molar refractivity (Wildman–Crippen MR) is 66.8 cm³/mol.